The molecule has 2 aliphatic rings. The van der Waals surface area contributed by atoms with Gasteiger partial charge in [0.05, 0.1) is 0 Å². The number of aryl methyl sites for hydroxylation is 1. The first-order valence-corrected chi connectivity index (χ1v) is 9.22. The Morgan fingerprint density at radius 2 is 1.81 bits per heavy atom. The van der Waals surface area contributed by atoms with Crippen molar-refractivity contribution >= 4 is 11.6 Å². The van der Waals surface area contributed by atoms with E-state index in [1.165, 1.54) is 16.2 Å². The highest BCUT2D eigenvalue weighted by Crippen LogP contribution is 2.25. The van der Waals surface area contributed by atoms with Gasteiger partial charge in [0.1, 0.15) is 6.42 Å². The van der Waals surface area contributed by atoms with Gasteiger partial charge in [-0.25, -0.2) is 0 Å². The highest BCUT2D eigenvalue weighted by molar-refractivity contribution is 5.77. The molecular formula is C19H26F3N3O. The van der Waals surface area contributed by atoms with Gasteiger partial charge in [-0.1, -0.05) is 18.2 Å². The number of alkyl halides is 3. The Hall–Kier alpha value is -1.76. The van der Waals surface area contributed by atoms with E-state index >= 15 is 0 Å². The third kappa shape index (κ3) is 4.69. The van der Waals surface area contributed by atoms with Gasteiger partial charge in [-0.05, 0) is 31.4 Å². The summed E-state index contributed by atoms with van der Waals surface area (Å²) in [4.78, 5) is 18.0. The summed E-state index contributed by atoms with van der Waals surface area (Å²) < 4.78 is 37.5. The van der Waals surface area contributed by atoms with Gasteiger partial charge in [0.25, 0.3) is 0 Å². The first-order chi connectivity index (χ1) is 12.3. The molecule has 7 heteroatoms. The summed E-state index contributed by atoms with van der Waals surface area (Å²) in [5.74, 6) is -0.791. The van der Waals surface area contributed by atoms with Crippen LogP contribution in [0.25, 0.3) is 0 Å². The van der Waals surface area contributed by atoms with Gasteiger partial charge in [0.15, 0.2) is 0 Å². The van der Waals surface area contributed by atoms with E-state index in [1.54, 1.807) is 0 Å². The maximum absolute atomic E-state index is 12.5. The molecule has 0 N–H and O–H groups in total. The van der Waals surface area contributed by atoms with Crippen LogP contribution in [0.4, 0.5) is 18.9 Å². The summed E-state index contributed by atoms with van der Waals surface area (Å²) in [6.07, 6.45) is -4.06. The molecule has 26 heavy (non-hydrogen) atoms. The molecule has 1 aromatic rings. The van der Waals surface area contributed by atoms with Crippen molar-refractivity contribution in [2.45, 2.75) is 38.4 Å². The number of benzene rings is 1. The van der Waals surface area contributed by atoms with Crippen molar-refractivity contribution < 1.29 is 18.0 Å². The average molecular weight is 369 g/mol. The lowest BCUT2D eigenvalue weighted by molar-refractivity contribution is -0.162. The number of rotatable bonds is 3. The SMILES string of the molecule is Cc1ccccc1N1CCN([C@@H]2CCCN(C(=O)CC(F)(F)F)C2)CC1. The molecule has 2 heterocycles. The van der Waals surface area contributed by atoms with Crippen LogP contribution >= 0.6 is 0 Å². The first-order valence-electron chi connectivity index (χ1n) is 9.22. The van der Waals surface area contributed by atoms with Crippen LogP contribution in [-0.4, -0.2) is 67.2 Å². The number of piperidine rings is 1. The van der Waals surface area contributed by atoms with Crippen molar-refractivity contribution in [3.63, 3.8) is 0 Å². The topological polar surface area (TPSA) is 26.8 Å². The van der Waals surface area contributed by atoms with Crippen LogP contribution in [0.5, 0.6) is 0 Å². The number of carbonyl (C=O) groups excluding carboxylic acids is 1. The number of para-hydroxylation sites is 1. The van der Waals surface area contributed by atoms with Crippen molar-refractivity contribution in [2.75, 3.05) is 44.2 Å². The molecule has 0 bridgehead atoms. The molecule has 0 spiro atoms. The van der Waals surface area contributed by atoms with E-state index in [0.29, 0.717) is 13.1 Å². The molecule has 1 amide bonds. The summed E-state index contributed by atoms with van der Waals surface area (Å²) in [5, 5.41) is 0. The molecule has 2 saturated heterocycles. The lowest BCUT2D eigenvalue weighted by atomic mass is 10.0. The molecule has 0 unspecified atom stereocenters. The molecule has 2 aliphatic heterocycles. The van der Waals surface area contributed by atoms with Crippen molar-refractivity contribution in [3.8, 4) is 0 Å². The molecule has 2 fully saturated rings. The average Bonchev–Trinajstić information content (AvgIpc) is 2.61. The zero-order valence-corrected chi connectivity index (χ0v) is 15.1. The quantitative estimate of drug-likeness (QED) is 0.819. The summed E-state index contributed by atoms with van der Waals surface area (Å²) in [6.45, 7) is 6.51. The zero-order valence-electron chi connectivity index (χ0n) is 15.1. The van der Waals surface area contributed by atoms with E-state index in [2.05, 4.69) is 28.9 Å². The van der Waals surface area contributed by atoms with E-state index in [1.807, 2.05) is 12.1 Å². The van der Waals surface area contributed by atoms with E-state index in [-0.39, 0.29) is 6.04 Å². The van der Waals surface area contributed by atoms with Crippen LogP contribution in [0.1, 0.15) is 24.8 Å². The summed E-state index contributed by atoms with van der Waals surface area (Å²) in [5.41, 5.74) is 2.50. The number of amides is 1. The predicted molar refractivity (Wildman–Crippen MR) is 95.2 cm³/mol. The summed E-state index contributed by atoms with van der Waals surface area (Å²) >= 11 is 0. The van der Waals surface area contributed by atoms with E-state index in [9.17, 15) is 18.0 Å². The minimum atomic E-state index is -4.43. The van der Waals surface area contributed by atoms with Gasteiger partial charge in [-0.2, -0.15) is 13.2 Å². The summed E-state index contributed by atoms with van der Waals surface area (Å²) in [7, 11) is 0. The minimum absolute atomic E-state index is 0.167. The van der Waals surface area contributed by atoms with Crippen molar-refractivity contribution in [3.05, 3.63) is 29.8 Å². The van der Waals surface area contributed by atoms with Crippen LogP contribution < -0.4 is 4.90 Å². The second-order valence-corrected chi connectivity index (χ2v) is 7.24. The molecule has 1 aromatic carbocycles. The van der Waals surface area contributed by atoms with Crippen molar-refractivity contribution in [1.29, 1.82) is 0 Å². The van der Waals surface area contributed by atoms with Crippen LogP contribution in [0.2, 0.25) is 0 Å². The Balaban J connectivity index is 1.54. The standard InChI is InChI=1S/C19H26F3N3O/c1-15-5-2-3-7-17(15)24-11-9-23(10-12-24)16-6-4-8-25(14-16)18(26)13-19(20,21)22/h2-3,5,7,16H,4,6,8-14H2,1H3/t16-/m1/s1. The van der Waals surface area contributed by atoms with Gasteiger partial charge in [-0.15, -0.1) is 0 Å². The molecule has 0 saturated carbocycles. The molecule has 144 valence electrons. The smallest absolute Gasteiger partial charge is 0.369 e. The van der Waals surface area contributed by atoms with E-state index in [4.69, 9.17) is 0 Å². The number of halogens is 3. The normalized spacial score (nSPS) is 22.5. The monoisotopic (exact) mass is 369 g/mol. The highest BCUT2D eigenvalue weighted by Gasteiger charge is 2.36. The van der Waals surface area contributed by atoms with E-state index in [0.717, 1.165) is 39.0 Å². The molecule has 4 nitrogen and oxygen atoms in total. The lowest BCUT2D eigenvalue weighted by Crippen LogP contribution is -2.56. The first kappa shape index (κ1) is 19.0. The Kier molecular flexibility index (Phi) is 5.75. The number of nitrogens with zero attached hydrogens (tertiary/aromatic N) is 3. The fraction of sp³-hybridized carbons (Fsp3) is 0.632. The molecule has 3 rings (SSSR count). The molecule has 0 aliphatic carbocycles. The lowest BCUT2D eigenvalue weighted by Gasteiger charge is -2.44. The number of hydrogen-bond donors (Lipinski definition) is 0. The Morgan fingerprint density at radius 3 is 2.46 bits per heavy atom. The minimum Gasteiger partial charge on any atom is -0.369 e. The zero-order chi connectivity index (χ0) is 18.7. The number of carbonyl (C=O) groups is 1. The third-order valence-corrected chi connectivity index (χ3v) is 5.39. The molecule has 1 atom stereocenters. The van der Waals surface area contributed by atoms with Gasteiger partial charge in [0.2, 0.25) is 5.91 Å². The van der Waals surface area contributed by atoms with Crippen molar-refractivity contribution in [2.24, 2.45) is 0 Å². The second kappa shape index (κ2) is 7.86. The molecule has 0 aromatic heterocycles. The Morgan fingerprint density at radius 1 is 1.12 bits per heavy atom. The molecule has 0 radical (unpaired) electrons. The number of anilines is 1. The fourth-order valence-electron chi connectivity index (χ4n) is 4.01. The number of piperazine rings is 1. The van der Waals surface area contributed by atoms with Crippen LogP contribution in [0.3, 0.4) is 0 Å². The maximum Gasteiger partial charge on any atom is 0.397 e. The van der Waals surface area contributed by atoms with Gasteiger partial charge >= 0.3 is 6.18 Å². The second-order valence-electron chi connectivity index (χ2n) is 7.24. The van der Waals surface area contributed by atoms with Crippen LogP contribution in [0, 0.1) is 6.92 Å². The third-order valence-electron chi connectivity index (χ3n) is 5.39. The largest absolute Gasteiger partial charge is 0.397 e. The van der Waals surface area contributed by atoms with Gasteiger partial charge in [-0.3, -0.25) is 9.69 Å². The Bertz CT molecular complexity index is 627. The van der Waals surface area contributed by atoms with Crippen molar-refractivity contribution in [1.82, 2.24) is 9.80 Å². The van der Waals surface area contributed by atoms with E-state index < -0.39 is 18.5 Å². The maximum atomic E-state index is 12.5. The fourth-order valence-corrected chi connectivity index (χ4v) is 4.01. The number of hydrogen-bond acceptors (Lipinski definition) is 3. The van der Waals surface area contributed by atoms with Gasteiger partial charge < -0.3 is 9.80 Å². The van der Waals surface area contributed by atoms with Crippen LogP contribution in [0.15, 0.2) is 24.3 Å². The summed E-state index contributed by atoms with van der Waals surface area (Å²) in [6, 6.07) is 8.47. The highest BCUT2D eigenvalue weighted by atomic mass is 19.4. The molecular weight excluding hydrogens is 343 g/mol. The van der Waals surface area contributed by atoms with Gasteiger partial charge in [0, 0.05) is 51.0 Å². The predicted octanol–water partition coefficient (Wildman–Crippen LogP) is 3.06. The number of likely N-dealkylation sites (tertiary alicyclic amines) is 1. The Labute approximate surface area is 152 Å². The van der Waals surface area contributed by atoms with Crippen LogP contribution in [-0.2, 0) is 4.79 Å².